The lowest BCUT2D eigenvalue weighted by Crippen LogP contribution is -2.35. The van der Waals surface area contributed by atoms with E-state index in [1.165, 1.54) is 0 Å². The second-order valence-corrected chi connectivity index (χ2v) is 7.57. The van der Waals surface area contributed by atoms with Gasteiger partial charge in [-0.1, -0.05) is 11.6 Å². The Kier molecular flexibility index (Phi) is 6.68. The minimum absolute atomic E-state index is 0.0116. The van der Waals surface area contributed by atoms with Gasteiger partial charge in [0.25, 0.3) is 5.91 Å². The maximum absolute atomic E-state index is 13.2. The van der Waals surface area contributed by atoms with Crippen molar-refractivity contribution in [1.29, 1.82) is 0 Å². The third kappa shape index (κ3) is 4.90. The number of halogens is 1. The van der Waals surface area contributed by atoms with Crippen molar-refractivity contribution in [2.45, 2.75) is 26.4 Å². The van der Waals surface area contributed by atoms with Crippen LogP contribution < -0.4 is 14.4 Å². The van der Waals surface area contributed by atoms with Gasteiger partial charge in [-0.15, -0.1) is 0 Å². The smallest absolute Gasteiger partial charge is 0.257 e. The second kappa shape index (κ2) is 9.20. The first kappa shape index (κ1) is 20.3. The quantitative estimate of drug-likeness (QED) is 0.739. The third-order valence-corrected chi connectivity index (χ3v) is 4.99. The molecule has 1 aliphatic heterocycles. The van der Waals surface area contributed by atoms with Crippen LogP contribution in [0, 0.1) is 0 Å². The fraction of sp³-hybridized carbons (Fsp3) is 0.409. The third-order valence-electron chi connectivity index (χ3n) is 4.76. The molecule has 150 valence electrons. The van der Waals surface area contributed by atoms with Gasteiger partial charge in [0, 0.05) is 36.9 Å². The van der Waals surface area contributed by atoms with Crippen molar-refractivity contribution >= 4 is 23.2 Å². The average Bonchev–Trinajstić information content (AvgIpc) is 2.95. The Morgan fingerprint density at radius 2 is 1.79 bits per heavy atom. The summed E-state index contributed by atoms with van der Waals surface area (Å²) in [4.78, 5) is 17.4. The minimum atomic E-state index is -0.0327. The number of rotatable bonds is 5. The first-order chi connectivity index (χ1) is 13.5. The molecule has 2 aromatic carbocycles. The molecule has 0 saturated carbocycles. The lowest BCUT2D eigenvalue weighted by Gasteiger charge is -2.24. The van der Waals surface area contributed by atoms with Crippen molar-refractivity contribution in [3.05, 3.63) is 53.1 Å². The number of anilines is 1. The molecule has 1 aliphatic rings. The predicted octanol–water partition coefficient (Wildman–Crippen LogP) is 4.49. The van der Waals surface area contributed by atoms with Gasteiger partial charge in [0.05, 0.1) is 18.8 Å². The summed E-state index contributed by atoms with van der Waals surface area (Å²) in [6.45, 7) is 6.93. The number of carbonyl (C=O) groups excluding carboxylic acids is 1. The molecule has 0 unspecified atom stereocenters. The Morgan fingerprint density at radius 3 is 2.46 bits per heavy atom. The Morgan fingerprint density at radius 1 is 1.04 bits per heavy atom. The largest absolute Gasteiger partial charge is 0.497 e. The van der Waals surface area contributed by atoms with Crippen LogP contribution in [0.4, 0.5) is 5.69 Å². The van der Waals surface area contributed by atoms with Gasteiger partial charge in [-0.3, -0.25) is 4.79 Å². The summed E-state index contributed by atoms with van der Waals surface area (Å²) in [5, 5.41) is 0.536. The molecule has 0 radical (unpaired) electrons. The van der Waals surface area contributed by atoms with Gasteiger partial charge >= 0.3 is 0 Å². The van der Waals surface area contributed by atoms with E-state index in [2.05, 4.69) is 17.0 Å². The zero-order valence-corrected chi connectivity index (χ0v) is 17.4. The summed E-state index contributed by atoms with van der Waals surface area (Å²) in [5.41, 5.74) is 1.67. The van der Waals surface area contributed by atoms with Crippen LogP contribution in [-0.4, -0.2) is 50.2 Å². The van der Waals surface area contributed by atoms with Crippen LogP contribution in [0.2, 0.25) is 5.02 Å². The van der Waals surface area contributed by atoms with Crippen LogP contribution in [0.15, 0.2) is 42.5 Å². The minimum Gasteiger partial charge on any atom is -0.497 e. The number of amides is 1. The van der Waals surface area contributed by atoms with Gasteiger partial charge in [0.1, 0.15) is 11.5 Å². The van der Waals surface area contributed by atoms with Gasteiger partial charge in [-0.25, -0.2) is 0 Å². The SMILES string of the molecule is COc1ccc(N2CCCN(C(=O)c3cc(Cl)ccc3OC(C)C)CC2)cc1. The van der Waals surface area contributed by atoms with Gasteiger partial charge in [-0.05, 0) is 62.7 Å². The van der Waals surface area contributed by atoms with Gasteiger partial charge in [-0.2, -0.15) is 0 Å². The second-order valence-electron chi connectivity index (χ2n) is 7.14. The molecule has 0 N–H and O–H groups in total. The Balaban J connectivity index is 1.73. The lowest BCUT2D eigenvalue weighted by molar-refractivity contribution is 0.0761. The van der Waals surface area contributed by atoms with Crippen molar-refractivity contribution in [3.8, 4) is 11.5 Å². The summed E-state index contributed by atoms with van der Waals surface area (Å²) in [7, 11) is 1.66. The van der Waals surface area contributed by atoms with E-state index in [9.17, 15) is 4.79 Å². The molecular formula is C22H27ClN2O3. The van der Waals surface area contributed by atoms with E-state index in [-0.39, 0.29) is 12.0 Å². The van der Waals surface area contributed by atoms with Gasteiger partial charge < -0.3 is 19.3 Å². The lowest BCUT2D eigenvalue weighted by atomic mass is 10.1. The first-order valence-corrected chi connectivity index (χ1v) is 10.00. The number of hydrogen-bond donors (Lipinski definition) is 0. The number of nitrogens with zero attached hydrogens (tertiary/aromatic N) is 2. The van der Waals surface area contributed by atoms with E-state index in [1.807, 2.05) is 30.9 Å². The highest BCUT2D eigenvalue weighted by molar-refractivity contribution is 6.31. The highest BCUT2D eigenvalue weighted by atomic mass is 35.5. The van der Waals surface area contributed by atoms with Crippen LogP contribution in [0.5, 0.6) is 11.5 Å². The highest BCUT2D eigenvalue weighted by Crippen LogP contribution is 2.26. The Hall–Kier alpha value is -2.40. The molecule has 1 fully saturated rings. The summed E-state index contributed by atoms with van der Waals surface area (Å²) in [6.07, 6.45) is 0.890. The van der Waals surface area contributed by atoms with Crippen LogP contribution in [0.1, 0.15) is 30.6 Å². The normalized spacial score (nSPS) is 14.8. The van der Waals surface area contributed by atoms with Crippen molar-refractivity contribution < 1.29 is 14.3 Å². The Bertz CT molecular complexity index is 808. The molecule has 3 rings (SSSR count). The molecule has 0 spiro atoms. The molecule has 0 atom stereocenters. The van der Waals surface area contributed by atoms with Crippen LogP contribution in [0.3, 0.4) is 0 Å². The number of benzene rings is 2. The molecule has 28 heavy (non-hydrogen) atoms. The topological polar surface area (TPSA) is 42.0 Å². The summed E-state index contributed by atoms with van der Waals surface area (Å²) >= 11 is 6.15. The van der Waals surface area contributed by atoms with E-state index in [1.54, 1.807) is 25.3 Å². The fourth-order valence-corrected chi connectivity index (χ4v) is 3.54. The van der Waals surface area contributed by atoms with E-state index < -0.39 is 0 Å². The van der Waals surface area contributed by atoms with E-state index in [4.69, 9.17) is 21.1 Å². The van der Waals surface area contributed by atoms with Crippen LogP contribution >= 0.6 is 11.6 Å². The van der Waals surface area contributed by atoms with Crippen molar-refractivity contribution in [2.75, 3.05) is 38.2 Å². The molecule has 2 aromatic rings. The summed E-state index contributed by atoms with van der Waals surface area (Å²) in [6, 6.07) is 13.3. The molecule has 0 bridgehead atoms. The van der Waals surface area contributed by atoms with E-state index >= 15 is 0 Å². The average molecular weight is 403 g/mol. The van der Waals surface area contributed by atoms with Crippen molar-refractivity contribution in [1.82, 2.24) is 4.90 Å². The number of carbonyl (C=O) groups is 1. The van der Waals surface area contributed by atoms with Crippen LogP contribution in [-0.2, 0) is 0 Å². The standard InChI is InChI=1S/C22H27ClN2O3/c1-16(2)28-21-10-5-17(23)15-20(21)22(26)25-12-4-11-24(13-14-25)18-6-8-19(27-3)9-7-18/h5-10,15-16H,4,11-14H2,1-3H3. The maximum atomic E-state index is 13.2. The van der Waals surface area contributed by atoms with E-state index in [0.717, 1.165) is 30.9 Å². The molecule has 1 amide bonds. The van der Waals surface area contributed by atoms with Gasteiger partial charge in [0.2, 0.25) is 0 Å². The van der Waals surface area contributed by atoms with Crippen molar-refractivity contribution in [2.24, 2.45) is 0 Å². The fourth-order valence-electron chi connectivity index (χ4n) is 3.37. The first-order valence-electron chi connectivity index (χ1n) is 9.62. The molecule has 6 heteroatoms. The highest BCUT2D eigenvalue weighted by Gasteiger charge is 2.23. The molecular weight excluding hydrogens is 376 g/mol. The summed E-state index contributed by atoms with van der Waals surface area (Å²) in [5.74, 6) is 1.39. The van der Waals surface area contributed by atoms with Gasteiger partial charge in [0.15, 0.2) is 0 Å². The molecule has 0 aromatic heterocycles. The number of hydrogen-bond acceptors (Lipinski definition) is 4. The number of methoxy groups -OCH3 is 1. The maximum Gasteiger partial charge on any atom is 0.257 e. The zero-order valence-electron chi connectivity index (χ0n) is 16.7. The monoisotopic (exact) mass is 402 g/mol. The summed E-state index contributed by atoms with van der Waals surface area (Å²) < 4.78 is 11.1. The van der Waals surface area contributed by atoms with Crippen LogP contribution in [0.25, 0.3) is 0 Å². The molecule has 0 aliphatic carbocycles. The molecule has 1 saturated heterocycles. The van der Waals surface area contributed by atoms with E-state index in [0.29, 0.717) is 29.4 Å². The molecule has 5 nitrogen and oxygen atoms in total. The number of ether oxygens (including phenoxy) is 2. The predicted molar refractivity (Wildman–Crippen MR) is 113 cm³/mol. The van der Waals surface area contributed by atoms with Crippen molar-refractivity contribution in [3.63, 3.8) is 0 Å². The Labute approximate surface area is 171 Å². The zero-order chi connectivity index (χ0) is 20.1. The molecule has 1 heterocycles.